The zero-order chi connectivity index (χ0) is 11.7. The third-order valence-electron chi connectivity index (χ3n) is 2.89. The standard InChI is InChI=1S/C12H14N2O2/c1-2-14-11(16)7-10(15)12(14)8-5-3-4-6-9(8)13/h3-6,12H,2,7,13H2,1H3. The molecule has 1 unspecified atom stereocenters. The van der Waals surface area contributed by atoms with Gasteiger partial charge in [0, 0.05) is 17.8 Å². The van der Waals surface area contributed by atoms with Crippen LogP contribution in [0.3, 0.4) is 0 Å². The summed E-state index contributed by atoms with van der Waals surface area (Å²) in [5, 5.41) is 0. The van der Waals surface area contributed by atoms with Gasteiger partial charge < -0.3 is 10.6 Å². The van der Waals surface area contributed by atoms with Gasteiger partial charge in [0.25, 0.3) is 0 Å². The van der Waals surface area contributed by atoms with Gasteiger partial charge in [0.2, 0.25) is 5.91 Å². The number of Topliss-reactive ketones (excluding diaryl/α,β-unsaturated/α-hetero) is 1. The molecule has 1 aliphatic rings. The lowest BCUT2D eigenvalue weighted by Gasteiger charge is -2.23. The minimum Gasteiger partial charge on any atom is -0.398 e. The van der Waals surface area contributed by atoms with E-state index in [1.54, 1.807) is 17.0 Å². The number of para-hydroxylation sites is 1. The molecule has 1 amide bonds. The average molecular weight is 218 g/mol. The van der Waals surface area contributed by atoms with E-state index in [9.17, 15) is 9.59 Å². The van der Waals surface area contributed by atoms with Crippen LogP contribution in [0.1, 0.15) is 24.9 Å². The number of hydrogen-bond donors (Lipinski definition) is 1. The van der Waals surface area contributed by atoms with Crippen molar-refractivity contribution < 1.29 is 9.59 Å². The molecule has 0 aliphatic carbocycles. The summed E-state index contributed by atoms with van der Waals surface area (Å²) in [5.41, 5.74) is 7.13. The van der Waals surface area contributed by atoms with Crippen molar-refractivity contribution in [1.82, 2.24) is 4.90 Å². The fraction of sp³-hybridized carbons (Fsp3) is 0.333. The maximum atomic E-state index is 11.8. The highest BCUT2D eigenvalue weighted by molar-refractivity contribution is 6.08. The van der Waals surface area contributed by atoms with Crippen molar-refractivity contribution in [2.45, 2.75) is 19.4 Å². The fourth-order valence-corrected chi connectivity index (χ4v) is 2.13. The van der Waals surface area contributed by atoms with E-state index in [-0.39, 0.29) is 18.1 Å². The number of hydrogen-bond acceptors (Lipinski definition) is 3. The number of likely N-dealkylation sites (tertiary alicyclic amines) is 1. The van der Waals surface area contributed by atoms with E-state index in [4.69, 9.17) is 5.73 Å². The predicted molar refractivity (Wildman–Crippen MR) is 60.6 cm³/mol. The van der Waals surface area contributed by atoms with Crippen LogP contribution in [-0.4, -0.2) is 23.1 Å². The highest BCUT2D eigenvalue weighted by atomic mass is 16.2. The van der Waals surface area contributed by atoms with Crippen LogP contribution in [0.2, 0.25) is 0 Å². The van der Waals surface area contributed by atoms with Crippen LogP contribution < -0.4 is 5.73 Å². The van der Waals surface area contributed by atoms with Crippen molar-refractivity contribution >= 4 is 17.4 Å². The number of anilines is 1. The Labute approximate surface area is 94.0 Å². The van der Waals surface area contributed by atoms with Gasteiger partial charge in [-0.3, -0.25) is 9.59 Å². The molecule has 1 heterocycles. The zero-order valence-electron chi connectivity index (χ0n) is 9.14. The van der Waals surface area contributed by atoms with Crippen LogP contribution in [0, 0.1) is 0 Å². The van der Waals surface area contributed by atoms with E-state index in [0.29, 0.717) is 12.2 Å². The molecule has 84 valence electrons. The number of rotatable bonds is 2. The molecule has 0 radical (unpaired) electrons. The second-order valence-electron chi connectivity index (χ2n) is 3.85. The van der Waals surface area contributed by atoms with Gasteiger partial charge in [0.15, 0.2) is 5.78 Å². The van der Waals surface area contributed by atoms with Crippen LogP contribution in [-0.2, 0) is 9.59 Å². The van der Waals surface area contributed by atoms with Crippen LogP contribution >= 0.6 is 0 Å². The Morgan fingerprint density at radius 3 is 2.69 bits per heavy atom. The monoisotopic (exact) mass is 218 g/mol. The van der Waals surface area contributed by atoms with Crippen LogP contribution in [0.5, 0.6) is 0 Å². The van der Waals surface area contributed by atoms with Gasteiger partial charge in [-0.2, -0.15) is 0 Å². The van der Waals surface area contributed by atoms with Gasteiger partial charge >= 0.3 is 0 Å². The van der Waals surface area contributed by atoms with Crippen molar-refractivity contribution in [3.05, 3.63) is 29.8 Å². The van der Waals surface area contributed by atoms with E-state index in [1.807, 2.05) is 19.1 Å². The molecule has 1 aliphatic heterocycles. The summed E-state index contributed by atoms with van der Waals surface area (Å²) in [5.74, 6) is -0.175. The number of carbonyl (C=O) groups is 2. The number of amides is 1. The molecule has 0 aromatic heterocycles. The molecule has 4 heteroatoms. The van der Waals surface area contributed by atoms with Crippen LogP contribution in [0.15, 0.2) is 24.3 Å². The number of nitrogens with zero attached hydrogens (tertiary/aromatic N) is 1. The highest BCUT2D eigenvalue weighted by Crippen LogP contribution is 2.32. The molecular weight excluding hydrogens is 204 g/mol. The predicted octanol–water partition coefficient (Wildman–Crippen LogP) is 1.13. The van der Waals surface area contributed by atoms with E-state index < -0.39 is 6.04 Å². The summed E-state index contributed by atoms with van der Waals surface area (Å²) < 4.78 is 0. The molecular formula is C12H14N2O2. The van der Waals surface area contributed by atoms with E-state index in [2.05, 4.69) is 0 Å². The van der Waals surface area contributed by atoms with Crippen molar-refractivity contribution in [3.8, 4) is 0 Å². The van der Waals surface area contributed by atoms with E-state index in [1.165, 1.54) is 0 Å². The lowest BCUT2D eigenvalue weighted by atomic mass is 10.0. The van der Waals surface area contributed by atoms with E-state index >= 15 is 0 Å². The largest absolute Gasteiger partial charge is 0.398 e. The van der Waals surface area contributed by atoms with Crippen molar-refractivity contribution in [2.75, 3.05) is 12.3 Å². The number of carbonyl (C=O) groups excluding carboxylic acids is 2. The SMILES string of the molecule is CCN1C(=O)CC(=O)C1c1ccccc1N. The highest BCUT2D eigenvalue weighted by Gasteiger charge is 2.39. The van der Waals surface area contributed by atoms with Crippen molar-refractivity contribution in [2.24, 2.45) is 0 Å². The van der Waals surface area contributed by atoms with Crippen molar-refractivity contribution in [3.63, 3.8) is 0 Å². The number of nitrogen functional groups attached to an aromatic ring is 1. The van der Waals surface area contributed by atoms with Gasteiger partial charge in [-0.25, -0.2) is 0 Å². The average Bonchev–Trinajstić information content (AvgIpc) is 2.54. The first-order valence-electron chi connectivity index (χ1n) is 5.31. The second kappa shape index (κ2) is 3.96. The Kier molecular flexibility index (Phi) is 2.64. The number of benzene rings is 1. The van der Waals surface area contributed by atoms with Gasteiger partial charge in [-0.1, -0.05) is 18.2 Å². The summed E-state index contributed by atoms with van der Waals surface area (Å²) in [6.07, 6.45) is -0.00710. The number of ketones is 1. The third kappa shape index (κ3) is 1.56. The molecule has 4 nitrogen and oxygen atoms in total. The molecule has 2 N–H and O–H groups in total. The molecule has 1 atom stereocenters. The summed E-state index contributed by atoms with van der Waals surface area (Å²) in [6.45, 7) is 2.40. The normalized spacial score (nSPS) is 20.6. The second-order valence-corrected chi connectivity index (χ2v) is 3.85. The molecule has 1 aromatic rings. The lowest BCUT2D eigenvalue weighted by molar-refractivity contribution is -0.128. The molecule has 0 saturated carbocycles. The molecule has 0 spiro atoms. The maximum absolute atomic E-state index is 11.8. The zero-order valence-corrected chi connectivity index (χ0v) is 9.14. The van der Waals surface area contributed by atoms with Gasteiger partial charge in [0.1, 0.15) is 6.04 Å². The molecule has 16 heavy (non-hydrogen) atoms. The number of likely N-dealkylation sites (N-methyl/N-ethyl adjacent to an activating group) is 1. The summed E-state index contributed by atoms with van der Waals surface area (Å²) in [4.78, 5) is 24.9. The van der Waals surface area contributed by atoms with Gasteiger partial charge in [-0.15, -0.1) is 0 Å². The van der Waals surface area contributed by atoms with Gasteiger partial charge in [-0.05, 0) is 13.0 Å². The maximum Gasteiger partial charge on any atom is 0.230 e. The quantitative estimate of drug-likeness (QED) is 0.598. The number of nitrogens with two attached hydrogens (primary N) is 1. The first-order valence-corrected chi connectivity index (χ1v) is 5.31. The first kappa shape index (κ1) is 10.7. The molecule has 0 bridgehead atoms. The minimum atomic E-state index is -0.487. The minimum absolute atomic E-state index is 0.00710. The first-order chi connectivity index (χ1) is 7.65. The Morgan fingerprint density at radius 1 is 1.38 bits per heavy atom. The van der Waals surface area contributed by atoms with Crippen LogP contribution in [0.25, 0.3) is 0 Å². The fourth-order valence-electron chi connectivity index (χ4n) is 2.13. The van der Waals surface area contributed by atoms with Crippen LogP contribution in [0.4, 0.5) is 5.69 Å². The van der Waals surface area contributed by atoms with Gasteiger partial charge in [0.05, 0.1) is 6.42 Å². The molecule has 1 fully saturated rings. The molecule has 2 rings (SSSR count). The Balaban J connectivity index is 2.43. The Bertz CT molecular complexity index is 442. The Morgan fingerprint density at radius 2 is 2.06 bits per heavy atom. The summed E-state index contributed by atoms with van der Waals surface area (Å²) >= 11 is 0. The summed E-state index contributed by atoms with van der Waals surface area (Å²) in [6, 6.07) is 6.71. The lowest BCUT2D eigenvalue weighted by Crippen LogP contribution is -2.29. The van der Waals surface area contributed by atoms with E-state index in [0.717, 1.165) is 5.56 Å². The molecule has 1 saturated heterocycles. The molecule has 1 aromatic carbocycles. The summed E-state index contributed by atoms with van der Waals surface area (Å²) in [7, 11) is 0. The smallest absolute Gasteiger partial charge is 0.230 e. The topological polar surface area (TPSA) is 63.4 Å². The van der Waals surface area contributed by atoms with Crippen molar-refractivity contribution in [1.29, 1.82) is 0 Å². The Hall–Kier alpha value is -1.84. The third-order valence-corrected chi connectivity index (χ3v) is 2.89.